The molecule has 0 saturated carbocycles. The number of ether oxygens (including phenoxy) is 1. The first-order valence-corrected chi connectivity index (χ1v) is 7.85. The summed E-state index contributed by atoms with van der Waals surface area (Å²) in [5.41, 5.74) is 2.69. The van der Waals surface area contributed by atoms with Crippen molar-refractivity contribution in [3.05, 3.63) is 48.3 Å². The molecule has 0 amide bonds. The van der Waals surface area contributed by atoms with Crippen LogP contribution in [0.4, 0.5) is 0 Å². The van der Waals surface area contributed by atoms with E-state index in [-0.39, 0.29) is 5.25 Å². The van der Waals surface area contributed by atoms with Gasteiger partial charge >= 0.3 is 0 Å². The minimum Gasteiger partial charge on any atom is -0.497 e. The quantitative estimate of drug-likeness (QED) is 0.728. The van der Waals surface area contributed by atoms with Crippen molar-refractivity contribution in [2.45, 2.75) is 17.0 Å². The third kappa shape index (κ3) is 1.86. The molecular formula is C15H13N3O2S. The molecule has 2 atom stereocenters. The summed E-state index contributed by atoms with van der Waals surface area (Å²) in [5.74, 6) is 0.728. The average Bonchev–Trinajstić information content (AvgIpc) is 3.05. The molecule has 0 N–H and O–H groups in total. The van der Waals surface area contributed by atoms with Gasteiger partial charge in [-0.05, 0) is 18.2 Å². The largest absolute Gasteiger partial charge is 0.497 e. The zero-order chi connectivity index (χ0) is 14.4. The topological polar surface area (TPSA) is 57.0 Å². The Morgan fingerprint density at radius 1 is 1.33 bits per heavy atom. The fourth-order valence-electron chi connectivity index (χ4n) is 2.68. The number of pyridine rings is 1. The van der Waals surface area contributed by atoms with Crippen molar-refractivity contribution in [3.63, 3.8) is 0 Å². The molecule has 0 saturated heterocycles. The highest BCUT2D eigenvalue weighted by Crippen LogP contribution is 2.35. The lowest BCUT2D eigenvalue weighted by molar-refractivity contribution is 0.413. The van der Waals surface area contributed by atoms with Crippen LogP contribution >= 0.6 is 0 Å². The molecule has 5 nitrogen and oxygen atoms in total. The first-order chi connectivity index (χ1) is 10.3. The molecule has 2 aromatic heterocycles. The highest BCUT2D eigenvalue weighted by molar-refractivity contribution is 7.85. The van der Waals surface area contributed by atoms with Gasteiger partial charge in [0.1, 0.15) is 21.8 Å². The van der Waals surface area contributed by atoms with Crippen molar-refractivity contribution in [2.75, 3.05) is 7.11 Å². The summed E-state index contributed by atoms with van der Waals surface area (Å²) in [5, 5.41) is 0.457. The molecule has 4 rings (SSSR count). The number of fused-ring (bicyclic) bond motifs is 3. The van der Waals surface area contributed by atoms with Crippen molar-refractivity contribution in [3.8, 4) is 5.75 Å². The molecule has 3 heterocycles. The summed E-state index contributed by atoms with van der Waals surface area (Å²) in [6.45, 7) is 0.628. The fraction of sp³-hybridized carbons (Fsp3) is 0.200. The van der Waals surface area contributed by atoms with Gasteiger partial charge in [-0.2, -0.15) is 0 Å². The summed E-state index contributed by atoms with van der Waals surface area (Å²) in [4.78, 5) is 8.84. The Kier molecular flexibility index (Phi) is 2.78. The van der Waals surface area contributed by atoms with Crippen LogP contribution in [-0.2, 0) is 17.3 Å². The van der Waals surface area contributed by atoms with E-state index in [1.807, 2.05) is 34.9 Å². The molecule has 3 aromatic rings. The number of nitrogens with zero attached hydrogens (tertiary/aromatic N) is 3. The van der Waals surface area contributed by atoms with E-state index in [4.69, 9.17) is 4.74 Å². The second kappa shape index (κ2) is 4.66. The first-order valence-electron chi connectivity index (χ1n) is 6.63. The summed E-state index contributed by atoms with van der Waals surface area (Å²) in [6, 6.07) is 11.5. The van der Waals surface area contributed by atoms with Crippen LogP contribution in [-0.4, -0.2) is 25.9 Å². The maximum Gasteiger partial charge on any atom is 0.200 e. The zero-order valence-corrected chi connectivity index (χ0v) is 12.2. The number of rotatable bonds is 2. The Hall–Kier alpha value is -2.21. The molecule has 0 fully saturated rings. The smallest absolute Gasteiger partial charge is 0.200 e. The fourth-order valence-corrected chi connectivity index (χ4v) is 4.14. The van der Waals surface area contributed by atoms with Gasteiger partial charge in [-0.1, -0.05) is 12.1 Å². The first kappa shape index (κ1) is 12.5. The van der Waals surface area contributed by atoms with Crippen molar-refractivity contribution < 1.29 is 8.95 Å². The monoisotopic (exact) mass is 299 g/mol. The second-order valence-corrected chi connectivity index (χ2v) is 6.43. The third-order valence-electron chi connectivity index (χ3n) is 3.72. The Morgan fingerprint density at radius 3 is 3.05 bits per heavy atom. The Labute approximate surface area is 124 Å². The predicted octanol–water partition coefficient (Wildman–Crippen LogP) is 2.30. The van der Waals surface area contributed by atoms with Crippen LogP contribution in [0.2, 0.25) is 0 Å². The Morgan fingerprint density at radius 2 is 2.19 bits per heavy atom. The Bertz CT molecular complexity index is 859. The molecule has 0 aliphatic carbocycles. The summed E-state index contributed by atoms with van der Waals surface area (Å²) >= 11 is 0. The maximum atomic E-state index is 12.7. The lowest BCUT2D eigenvalue weighted by atomic mass is 10.2. The lowest BCUT2D eigenvalue weighted by Crippen LogP contribution is -2.06. The van der Waals surface area contributed by atoms with E-state index < -0.39 is 10.8 Å². The molecule has 0 spiro atoms. The van der Waals surface area contributed by atoms with Gasteiger partial charge < -0.3 is 9.30 Å². The van der Waals surface area contributed by atoms with Crippen molar-refractivity contribution in [1.82, 2.24) is 14.5 Å². The third-order valence-corrected chi connectivity index (χ3v) is 5.30. The van der Waals surface area contributed by atoms with E-state index in [1.54, 1.807) is 19.4 Å². The van der Waals surface area contributed by atoms with Gasteiger partial charge in [0.05, 0.1) is 23.8 Å². The van der Waals surface area contributed by atoms with Crippen LogP contribution in [0.3, 0.4) is 0 Å². The highest BCUT2D eigenvalue weighted by atomic mass is 32.2. The number of hydrogen-bond acceptors (Lipinski definition) is 4. The van der Waals surface area contributed by atoms with E-state index in [0.717, 1.165) is 22.5 Å². The van der Waals surface area contributed by atoms with Gasteiger partial charge in [0.2, 0.25) is 5.16 Å². The molecule has 1 aromatic carbocycles. The van der Waals surface area contributed by atoms with Gasteiger partial charge in [0.25, 0.3) is 0 Å². The molecule has 0 radical (unpaired) electrons. The molecule has 0 bridgehead atoms. The van der Waals surface area contributed by atoms with Crippen LogP contribution in [0.15, 0.2) is 47.8 Å². The van der Waals surface area contributed by atoms with Gasteiger partial charge in [0, 0.05) is 18.8 Å². The molecule has 106 valence electrons. The van der Waals surface area contributed by atoms with Gasteiger partial charge in [-0.3, -0.25) is 9.19 Å². The van der Waals surface area contributed by atoms with Crippen molar-refractivity contribution >= 4 is 21.8 Å². The SMILES string of the molecule is COc1ccnc([C@H]2Cn3c(nc4ccccc43)[S@]2=O)c1. The molecule has 1 aliphatic heterocycles. The number of imidazole rings is 1. The van der Waals surface area contributed by atoms with E-state index in [2.05, 4.69) is 9.97 Å². The second-order valence-electron chi connectivity index (χ2n) is 4.90. The maximum absolute atomic E-state index is 12.7. The number of benzene rings is 1. The minimum absolute atomic E-state index is 0.174. The van der Waals surface area contributed by atoms with Crippen LogP contribution in [0.5, 0.6) is 5.75 Å². The Balaban J connectivity index is 1.79. The number of aromatic nitrogens is 3. The zero-order valence-electron chi connectivity index (χ0n) is 11.4. The van der Waals surface area contributed by atoms with Crippen LogP contribution in [0, 0.1) is 0 Å². The number of methoxy groups -OCH3 is 1. The van der Waals surface area contributed by atoms with Gasteiger partial charge in [-0.25, -0.2) is 4.98 Å². The number of para-hydroxylation sites is 2. The normalized spacial score (nSPS) is 20.6. The molecule has 1 aliphatic rings. The molecule has 21 heavy (non-hydrogen) atoms. The van der Waals surface area contributed by atoms with Crippen LogP contribution in [0.1, 0.15) is 10.9 Å². The van der Waals surface area contributed by atoms with Gasteiger partial charge in [0.15, 0.2) is 0 Å². The minimum atomic E-state index is -1.20. The summed E-state index contributed by atoms with van der Waals surface area (Å²) < 4.78 is 20.0. The van der Waals surface area contributed by atoms with E-state index >= 15 is 0 Å². The molecule has 0 unspecified atom stereocenters. The molecular weight excluding hydrogens is 286 g/mol. The van der Waals surface area contributed by atoms with E-state index in [9.17, 15) is 4.21 Å². The van der Waals surface area contributed by atoms with Crippen LogP contribution < -0.4 is 4.74 Å². The van der Waals surface area contributed by atoms with Crippen LogP contribution in [0.25, 0.3) is 11.0 Å². The lowest BCUT2D eigenvalue weighted by Gasteiger charge is -2.09. The summed E-state index contributed by atoms with van der Waals surface area (Å²) in [7, 11) is 0.419. The van der Waals surface area contributed by atoms with E-state index in [1.165, 1.54) is 0 Å². The van der Waals surface area contributed by atoms with Crippen molar-refractivity contribution in [1.29, 1.82) is 0 Å². The average molecular weight is 299 g/mol. The van der Waals surface area contributed by atoms with Crippen molar-refractivity contribution in [2.24, 2.45) is 0 Å². The van der Waals surface area contributed by atoms with Gasteiger partial charge in [-0.15, -0.1) is 0 Å². The predicted molar refractivity (Wildman–Crippen MR) is 79.7 cm³/mol. The van der Waals surface area contributed by atoms with E-state index in [0.29, 0.717) is 11.7 Å². The molecule has 6 heteroatoms. The standard InChI is InChI=1S/C15H13N3O2S/c1-20-10-6-7-16-12(8-10)14-9-18-13-5-3-2-4-11(13)17-15(18)21(14)19/h2-8,14H,9H2,1H3/t14-,21+/m1/s1. The summed E-state index contributed by atoms with van der Waals surface area (Å²) in [6.07, 6.45) is 1.69. The number of hydrogen-bond donors (Lipinski definition) is 0. The highest BCUT2D eigenvalue weighted by Gasteiger charge is 2.34.